The van der Waals surface area contributed by atoms with Crippen molar-refractivity contribution in [1.82, 2.24) is 4.90 Å². The highest BCUT2D eigenvalue weighted by atomic mass is 35.5. The number of methoxy groups -OCH3 is 1. The molecule has 3 rings (SSSR count). The number of anilines is 2. The normalized spacial score (nSPS) is 14.0. The van der Waals surface area contributed by atoms with E-state index >= 15 is 0 Å². The lowest BCUT2D eigenvalue weighted by atomic mass is 10.1. The van der Waals surface area contributed by atoms with Crippen molar-refractivity contribution < 1.29 is 32.6 Å². The molecule has 1 saturated heterocycles. The number of halogens is 1. The third-order valence-corrected chi connectivity index (χ3v) is 6.67. The molecule has 0 aromatic heterocycles. The summed E-state index contributed by atoms with van der Waals surface area (Å²) in [6, 6.07) is 8.37. The minimum Gasteiger partial charge on any atom is -0.495 e. The zero-order valence-corrected chi connectivity index (χ0v) is 19.6. The maximum Gasteiger partial charge on any atom is 0.409 e. The van der Waals surface area contributed by atoms with Crippen LogP contribution in [0.3, 0.4) is 0 Å². The average molecular weight is 498 g/mol. The summed E-state index contributed by atoms with van der Waals surface area (Å²) in [5, 5.41) is 9.60. The van der Waals surface area contributed by atoms with Crippen LogP contribution in [-0.2, 0) is 14.8 Å². The van der Waals surface area contributed by atoms with Crippen molar-refractivity contribution in [3.05, 3.63) is 47.0 Å². The number of amides is 1. The van der Waals surface area contributed by atoms with Gasteiger partial charge in [0.2, 0.25) is 0 Å². The fourth-order valence-corrected chi connectivity index (χ4v) is 4.93. The molecule has 2 N–H and O–H groups in total. The van der Waals surface area contributed by atoms with E-state index in [0.717, 1.165) is 0 Å². The van der Waals surface area contributed by atoms with Gasteiger partial charge < -0.3 is 24.4 Å². The van der Waals surface area contributed by atoms with E-state index in [0.29, 0.717) is 31.9 Å². The number of carbonyl (C=O) groups excluding carboxylic acids is 1. The molecule has 2 aromatic carbocycles. The number of hydrogen-bond acceptors (Lipinski definition) is 7. The number of carbonyl (C=O) groups is 2. The Morgan fingerprint density at radius 2 is 1.82 bits per heavy atom. The Hall–Kier alpha value is -3.18. The molecule has 0 spiro atoms. The second kappa shape index (κ2) is 10.2. The predicted molar refractivity (Wildman–Crippen MR) is 123 cm³/mol. The molecule has 1 aliphatic rings. The number of aromatic carboxylic acids is 1. The lowest BCUT2D eigenvalue weighted by Gasteiger charge is -2.36. The third-order valence-electron chi connectivity index (χ3n) is 5.05. The van der Waals surface area contributed by atoms with Crippen LogP contribution in [0.1, 0.15) is 17.3 Å². The highest BCUT2D eigenvalue weighted by Gasteiger charge is 2.27. The van der Waals surface area contributed by atoms with Crippen molar-refractivity contribution in [1.29, 1.82) is 0 Å². The van der Waals surface area contributed by atoms with E-state index < -0.39 is 22.1 Å². The summed E-state index contributed by atoms with van der Waals surface area (Å²) < 4.78 is 39.0. The van der Waals surface area contributed by atoms with E-state index in [1.165, 1.54) is 43.5 Å². The molecule has 1 amide bonds. The summed E-state index contributed by atoms with van der Waals surface area (Å²) in [4.78, 5) is 26.7. The average Bonchev–Trinajstić information content (AvgIpc) is 2.79. The first-order chi connectivity index (χ1) is 15.7. The second-order valence-corrected chi connectivity index (χ2v) is 9.20. The van der Waals surface area contributed by atoms with Gasteiger partial charge in [-0.2, -0.15) is 0 Å². The van der Waals surface area contributed by atoms with E-state index in [2.05, 4.69) is 4.72 Å². The van der Waals surface area contributed by atoms with Crippen LogP contribution in [0.15, 0.2) is 41.3 Å². The van der Waals surface area contributed by atoms with E-state index in [1.807, 2.05) is 4.90 Å². The van der Waals surface area contributed by atoms with Gasteiger partial charge in [-0.05, 0) is 43.3 Å². The quantitative estimate of drug-likeness (QED) is 0.597. The largest absolute Gasteiger partial charge is 0.495 e. The molecule has 12 heteroatoms. The molecule has 1 fully saturated rings. The number of benzene rings is 2. The Morgan fingerprint density at radius 1 is 1.12 bits per heavy atom. The standard InChI is InChI=1S/C21H24ClN3O7S/c1-3-32-21(28)25-10-8-24(9-11-25)17-6-4-14(20(26)27)12-16(17)23-33(29,30)19-13-15(22)5-7-18(19)31-2/h4-7,12-13,23H,3,8-11H2,1-2H3,(H,26,27). The maximum atomic E-state index is 13.2. The predicted octanol–water partition coefficient (Wildman–Crippen LogP) is 3.13. The van der Waals surface area contributed by atoms with Crippen molar-refractivity contribution in [2.75, 3.05) is 49.5 Å². The van der Waals surface area contributed by atoms with Gasteiger partial charge in [0.25, 0.3) is 10.0 Å². The monoisotopic (exact) mass is 497 g/mol. The molecule has 0 aliphatic carbocycles. The Kier molecular flexibility index (Phi) is 7.54. The van der Waals surface area contributed by atoms with E-state index in [4.69, 9.17) is 21.1 Å². The van der Waals surface area contributed by atoms with Crippen molar-refractivity contribution in [3.63, 3.8) is 0 Å². The number of sulfonamides is 1. The van der Waals surface area contributed by atoms with Gasteiger partial charge >= 0.3 is 12.1 Å². The van der Waals surface area contributed by atoms with Crippen LogP contribution in [0.25, 0.3) is 0 Å². The van der Waals surface area contributed by atoms with Gasteiger partial charge in [-0.1, -0.05) is 11.6 Å². The Balaban J connectivity index is 1.93. The minimum atomic E-state index is -4.18. The number of ether oxygens (including phenoxy) is 2. The summed E-state index contributed by atoms with van der Waals surface area (Å²) in [5.74, 6) is -1.11. The fraction of sp³-hybridized carbons (Fsp3) is 0.333. The Bertz CT molecular complexity index is 1150. The van der Waals surface area contributed by atoms with Crippen molar-refractivity contribution >= 4 is 45.1 Å². The van der Waals surface area contributed by atoms with E-state index in [-0.39, 0.29) is 33.5 Å². The molecular weight excluding hydrogens is 474 g/mol. The molecule has 178 valence electrons. The molecule has 0 atom stereocenters. The van der Waals surface area contributed by atoms with Crippen LogP contribution < -0.4 is 14.4 Å². The Morgan fingerprint density at radius 3 is 2.42 bits per heavy atom. The summed E-state index contributed by atoms with van der Waals surface area (Å²) >= 11 is 5.99. The van der Waals surface area contributed by atoms with Crippen LogP contribution >= 0.6 is 11.6 Å². The van der Waals surface area contributed by atoms with Crippen LogP contribution in [0.2, 0.25) is 5.02 Å². The number of nitrogens with one attached hydrogen (secondary N) is 1. The smallest absolute Gasteiger partial charge is 0.409 e. The van der Waals surface area contributed by atoms with E-state index in [1.54, 1.807) is 11.8 Å². The van der Waals surface area contributed by atoms with Gasteiger partial charge in [0, 0.05) is 31.2 Å². The van der Waals surface area contributed by atoms with Crippen molar-refractivity contribution in [2.24, 2.45) is 0 Å². The van der Waals surface area contributed by atoms with E-state index in [9.17, 15) is 23.1 Å². The molecule has 0 unspecified atom stereocenters. The van der Waals surface area contributed by atoms with Crippen LogP contribution in [0.5, 0.6) is 5.75 Å². The maximum absolute atomic E-state index is 13.2. The summed E-state index contributed by atoms with van der Waals surface area (Å²) in [7, 11) is -2.84. The number of carboxylic acid groups (broad SMARTS) is 1. The topological polar surface area (TPSA) is 125 Å². The van der Waals surface area contributed by atoms with Gasteiger partial charge in [-0.3, -0.25) is 4.72 Å². The fourth-order valence-electron chi connectivity index (χ4n) is 3.43. The molecule has 0 saturated carbocycles. The zero-order valence-electron chi connectivity index (χ0n) is 18.1. The van der Waals surface area contributed by atoms with Gasteiger partial charge in [0.05, 0.1) is 30.7 Å². The van der Waals surface area contributed by atoms with Crippen LogP contribution in [0.4, 0.5) is 16.2 Å². The van der Waals surface area contributed by atoms with Gasteiger partial charge in [-0.25, -0.2) is 18.0 Å². The summed E-state index contributed by atoms with van der Waals surface area (Å²) in [6.45, 7) is 3.54. The first-order valence-electron chi connectivity index (χ1n) is 10.1. The first kappa shape index (κ1) is 24.5. The molecule has 0 radical (unpaired) electrons. The van der Waals surface area contributed by atoms with Gasteiger partial charge in [-0.15, -0.1) is 0 Å². The Labute approximate surface area is 196 Å². The van der Waals surface area contributed by atoms with Gasteiger partial charge in [0.1, 0.15) is 10.6 Å². The van der Waals surface area contributed by atoms with Crippen molar-refractivity contribution in [2.45, 2.75) is 11.8 Å². The molecule has 2 aromatic rings. The molecule has 10 nitrogen and oxygen atoms in total. The number of hydrogen-bond donors (Lipinski definition) is 2. The lowest BCUT2D eigenvalue weighted by molar-refractivity contribution is 0.0696. The molecule has 33 heavy (non-hydrogen) atoms. The number of nitrogens with zero attached hydrogens (tertiary/aromatic N) is 2. The highest BCUT2D eigenvalue weighted by Crippen LogP contribution is 2.33. The summed E-state index contributed by atoms with van der Waals surface area (Å²) in [5.41, 5.74) is 0.481. The SMILES string of the molecule is CCOC(=O)N1CCN(c2ccc(C(=O)O)cc2NS(=O)(=O)c2cc(Cl)ccc2OC)CC1. The molecule has 0 bridgehead atoms. The zero-order chi connectivity index (χ0) is 24.2. The lowest BCUT2D eigenvalue weighted by Crippen LogP contribution is -2.49. The van der Waals surface area contributed by atoms with Crippen molar-refractivity contribution in [3.8, 4) is 5.75 Å². The van der Waals surface area contributed by atoms with Crippen LogP contribution in [0, 0.1) is 0 Å². The minimum absolute atomic E-state index is 0.0836. The number of carboxylic acids is 1. The molecular formula is C21H24ClN3O7S. The van der Waals surface area contributed by atoms with Gasteiger partial charge in [0.15, 0.2) is 0 Å². The molecule has 1 aliphatic heterocycles. The number of piperazine rings is 1. The first-order valence-corrected chi connectivity index (χ1v) is 11.9. The third kappa shape index (κ3) is 5.60. The summed E-state index contributed by atoms with van der Waals surface area (Å²) in [6.07, 6.45) is -0.410. The number of rotatable bonds is 7. The van der Waals surface area contributed by atoms with Crippen LogP contribution in [-0.4, -0.2) is 70.4 Å². The molecule has 1 heterocycles. The highest BCUT2D eigenvalue weighted by molar-refractivity contribution is 7.92. The second-order valence-electron chi connectivity index (χ2n) is 7.11.